The maximum atomic E-state index is 12.1. The van der Waals surface area contributed by atoms with E-state index in [1.807, 2.05) is 12.1 Å². The molecule has 1 aromatic heterocycles. The molecule has 14 heteroatoms. The summed E-state index contributed by atoms with van der Waals surface area (Å²) in [6.45, 7) is 6.68. The molecule has 1 unspecified atom stereocenters. The van der Waals surface area contributed by atoms with Crippen molar-refractivity contribution in [1.29, 1.82) is 0 Å². The minimum absolute atomic E-state index is 0.113. The smallest absolute Gasteiger partial charge is 0.412 e. The van der Waals surface area contributed by atoms with Gasteiger partial charge in [0.1, 0.15) is 29.8 Å². The summed E-state index contributed by atoms with van der Waals surface area (Å²) in [4.78, 5) is 43.3. The normalized spacial score (nSPS) is 14.4. The molecule has 0 saturated carbocycles. The molecule has 0 bridgehead atoms. The minimum Gasteiger partial charge on any atom is -0.489 e. The van der Waals surface area contributed by atoms with Crippen molar-refractivity contribution < 1.29 is 38.6 Å². The predicted molar refractivity (Wildman–Crippen MR) is 176 cm³/mol. The molecule has 1 saturated heterocycles. The summed E-state index contributed by atoms with van der Waals surface area (Å²) in [6.07, 6.45) is 2.53. The Morgan fingerprint density at radius 1 is 1.06 bits per heavy atom. The number of ether oxygens (including phenoxy) is 4. The Morgan fingerprint density at radius 2 is 1.83 bits per heavy atom. The van der Waals surface area contributed by atoms with Gasteiger partial charge in [-0.3, -0.25) is 15.4 Å². The van der Waals surface area contributed by atoms with E-state index >= 15 is 0 Å². The van der Waals surface area contributed by atoms with Crippen LogP contribution in [0.4, 0.5) is 27.8 Å². The standard InChI is InChI=1S/C34H35N5O9/c1-34(2,3)48-33(42)37-23-7-10-25(11-8-23)46-19-22-17-24(9-13-30(22)47-26-5-4-16-45-20-26)36-32-35-15-14-28(38-32)27-12-6-21(31(40)41)18-29(27)39(43)44/h6-15,17-18,26H,4-5,16,19-20H2,1-3H3,(H,37,42)(H,40,41)(H,35,36,38). The second-order valence-electron chi connectivity index (χ2n) is 11.9. The third-order valence-electron chi connectivity index (χ3n) is 7.00. The Balaban J connectivity index is 1.34. The van der Waals surface area contributed by atoms with E-state index in [9.17, 15) is 24.8 Å². The average Bonchev–Trinajstić information content (AvgIpc) is 3.05. The van der Waals surface area contributed by atoms with Gasteiger partial charge in [-0.25, -0.2) is 19.6 Å². The fraction of sp³-hybridized carbons (Fsp3) is 0.294. The fourth-order valence-corrected chi connectivity index (χ4v) is 4.82. The number of hydrogen-bond acceptors (Lipinski definition) is 11. The molecule has 2 heterocycles. The number of aromatic nitrogens is 2. The van der Waals surface area contributed by atoms with Crippen LogP contribution in [0, 0.1) is 10.1 Å². The van der Waals surface area contributed by atoms with Crippen LogP contribution in [-0.4, -0.2) is 57.0 Å². The number of nitrogens with one attached hydrogen (secondary N) is 2. The Morgan fingerprint density at radius 3 is 2.52 bits per heavy atom. The number of amides is 1. The van der Waals surface area contributed by atoms with Crippen LogP contribution in [0.1, 0.15) is 49.5 Å². The van der Waals surface area contributed by atoms with Gasteiger partial charge in [0.2, 0.25) is 5.95 Å². The lowest BCUT2D eigenvalue weighted by Crippen LogP contribution is -2.28. The number of hydrogen-bond donors (Lipinski definition) is 3. The van der Waals surface area contributed by atoms with Gasteiger partial charge in [-0.05, 0) is 94.3 Å². The van der Waals surface area contributed by atoms with Crippen molar-refractivity contribution in [3.63, 3.8) is 0 Å². The van der Waals surface area contributed by atoms with Crippen molar-refractivity contribution in [3.8, 4) is 22.8 Å². The third-order valence-corrected chi connectivity index (χ3v) is 7.00. The van der Waals surface area contributed by atoms with Crippen molar-refractivity contribution in [2.24, 2.45) is 0 Å². The molecular formula is C34H35N5O9. The van der Waals surface area contributed by atoms with Gasteiger partial charge >= 0.3 is 12.1 Å². The summed E-state index contributed by atoms with van der Waals surface area (Å²) in [6, 6.07) is 17.4. The third kappa shape index (κ3) is 9.16. The van der Waals surface area contributed by atoms with Crippen LogP contribution in [0.5, 0.6) is 11.5 Å². The SMILES string of the molecule is CC(C)(C)OC(=O)Nc1ccc(OCc2cc(Nc3nccc(-c4ccc(C(=O)O)cc4[N+](=O)[O-])n3)ccc2OC2CCCOC2)cc1. The van der Waals surface area contributed by atoms with E-state index in [4.69, 9.17) is 18.9 Å². The molecule has 3 aromatic carbocycles. The first-order valence-electron chi connectivity index (χ1n) is 15.2. The van der Waals surface area contributed by atoms with Gasteiger partial charge in [0.15, 0.2) is 0 Å². The Kier molecular flexibility index (Phi) is 10.3. The van der Waals surface area contributed by atoms with Gasteiger partial charge in [-0.1, -0.05) is 0 Å². The summed E-state index contributed by atoms with van der Waals surface area (Å²) in [5, 5.41) is 26.8. The molecule has 0 spiro atoms. The lowest BCUT2D eigenvalue weighted by atomic mass is 10.1. The number of aromatic carboxylic acids is 1. The first kappa shape index (κ1) is 33.6. The summed E-state index contributed by atoms with van der Waals surface area (Å²) >= 11 is 0. The molecule has 4 aromatic rings. The van der Waals surface area contributed by atoms with Crippen LogP contribution in [0.25, 0.3) is 11.3 Å². The number of nitro benzene ring substituents is 1. The lowest BCUT2D eigenvalue weighted by molar-refractivity contribution is -0.384. The summed E-state index contributed by atoms with van der Waals surface area (Å²) in [7, 11) is 0. The van der Waals surface area contributed by atoms with Crippen LogP contribution in [-0.2, 0) is 16.1 Å². The van der Waals surface area contributed by atoms with Gasteiger partial charge in [0, 0.05) is 35.8 Å². The monoisotopic (exact) mass is 657 g/mol. The highest BCUT2D eigenvalue weighted by atomic mass is 16.6. The molecule has 0 aliphatic carbocycles. The first-order chi connectivity index (χ1) is 22.9. The summed E-state index contributed by atoms with van der Waals surface area (Å²) in [5.41, 5.74) is 1.05. The number of carbonyl (C=O) groups is 2. The van der Waals surface area contributed by atoms with E-state index in [1.165, 1.54) is 24.4 Å². The van der Waals surface area contributed by atoms with E-state index in [1.54, 1.807) is 51.1 Å². The lowest BCUT2D eigenvalue weighted by Gasteiger charge is -2.25. The zero-order valence-electron chi connectivity index (χ0n) is 26.6. The van der Waals surface area contributed by atoms with Gasteiger partial charge in [-0.15, -0.1) is 0 Å². The predicted octanol–water partition coefficient (Wildman–Crippen LogP) is 6.98. The second kappa shape index (κ2) is 14.8. The molecule has 1 amide bonds. The molecule has 1 atom stereocenters. The van der Waals surface area contributed by atoms with Gasteiger partial charge < -0.3 is 29.4 Å². The molecule has 14 nitrogen and oxygen atoms in total. The molecular weight excluding hydrogens is 622 g/mol. The molecule has 48 heavy (non-hydrogen) atoms. The molecule has 3 N–H and O–H groups in total. The van der Waals surface area contributed by atoms with Crippen LogP contribution in [0.2, 0.25) is 0 Å². The van der Waals surface area contributed by atoms with Gasteiger partial charge in [-0.2, -0.15) is 0 Å². The Labute approximate surface area is 276 Å². The average molecular weight is 658 g/mol. The topological polar surface area (TPSA) is 184 Å². The van der Waals surface area contributed by atoms with E-state index in [2.05, 4.69) is 20.6 Å². The van der Waals surface area contributed by atoms with Crippen LogP contribution < -0.4 is 20.1 Å². The largest absolute Gasteiger partial charge is 0.489 e. The Hall–Kier alpha value is -5.76. The maximum absolute atomic E-state index is 12.1. The molecule has 5 rings (SSSR count). The van der Waals surface area contributed by atoms with E-state index in [0.29, 0.717) is 36.1 Å². The van der Waals surface area contributed by atoms with Crippen LogP contribution in [0.15, 0.2) is 72.9 Å². The second-order valence-corrected chi connectivity index (χ2v) is 11.9. The molecule has 1 fully saturated rings. The number of rotatable bonds is 11. The highest BCUT2D eigenvalue weighted by Gasteiger charge is 2.21. The van der Waals surface area contributed by atoms with Crippen molar-refractivity contribution in [1.82, 2.24) is 9.97 Å². The van der Waals surface area contributed by atoms with Gasteiger partial charge in [0.05, 0.1) is 28.4 Å². The van der Waals surface area contributed by atoms with Gasteiger partial charge in [0.25, 0.3) is 5.69 Å². The number of benzene rings is 3. The molecule has 250 valence electrons. The Bertz CT molecular complexity index is 1780. The number of nitrogens with zero attached hydrogens (tertiary/aromatic N) is 3. The molecule has 1 aliphatic heterocycles. The zero-order valence-corrected chi connectivity index (χ0v) is 26.6. The van der Waals surface area contributed by atoms with Crippen molar-refractivity contribution in [2.45, 2.75) is 51.9 Å². The van der Waals surface area contributed by atoms with Crippen molar-refractivity contribution >= 4 is 35.1 Å². The summed E-state index contributed by atoms with van der Waals surface area (Å²) in [5.74, 6) is 0.0632. The van der Waals surface area contributed by atoms with E-state index < -0.39 is 22.6 Å². The fourth-order valence-electron chi connectivity index (χ4n) is 4.82. The number of carboxylic acid groups (broad SMARTS) is 1. The summed E-state index contributed by atoms with van der Waals surface area (Å²) < 4.78 is 23.3. The number of carboxylic acids is 1. The van der Waals surface area contributed by atoms with Crippen molar-refractivity contribution in [2.75, 3.05) is 23.8 Å². The van der Waals surface area contributed by atoms with Crippen molar-refractivity contribution in [3.05, 3.63) is 94.2 Å². The number of nitro groups is 1. The molecule has 0 radical (unpaired) electrons. The van der Waals surface area contributed by atoms with E-state index in [-0.39, 0.29) is 41.2 Å². The minimum atomic E-state index is -1.27. The highest BCUT2D eigenvalue weighted by molar-refractivity contribution is 5.90. The first-order valence-corrected chi connectivity index (χ1v) is 15.2. The van der Waals surface area contributed by atoms with E-state index in [0.717, 1.165) is 24.5 Å². The number of anilines is 3. The number of carbonyl (C=O) groups excluding carboxylic acids is 1. The quantitative estimate of drug-likeness (QED) is 0.111. The molecule has 1 aliphatic rings. The van der Waals surface area contributed by atoms with Crippen LogP contribution in [0.3, 0.4) is 0 Å². The van der Waals surface area contributed by atoms with Crippen LogP contribution >= 0.6 is 0 Å². The zero-order chi connectivity index (χ0) is 34.3. The highest BCUT2D eigenvalue weighted by Crippen LogP contribution is 2.32. The maximum Gasteiger partial charge on any atom is 0.412 e.